The molecule has 0 bridgehead atoms. The first-order chi connectivity index (χ1) is 15.6. The molecule has 9 heteroatoms. The lowest BCUT2D eigenvalue weighted by molar-refractivity contribution is -0.177. The van der Waals surface area contributed by atoms with Crippen molar-refractivity contribution in [3.05, 3.63) is 64.7 Å². The van der Waals surface area contributed by atoms with Gasteiger partial charge in [-0.15, -0.1) is 0 Å². The molecule has 1 unspecified atom stereocenters. The summed E-state index contributed by atoms with van der Waals surface area (Å²) >= 11 is 0. The summed E-state index contributed by atoms with van der Waals surface area (Å²) in [6.45, 7) is 5.09. The van der Waals surface area contributed by atoms with E-state index in [1.54, 1.807) is 51.1 Å². The highest BCUT2D eigenvalue weighted by atomic mass is 16.7. The number of benzene rings is 2. The second-order valence-corrected chi connectivity index (χ2v) is 8.85. The largest absolute Gasteiger partial charge is 0.496 e. The summed E-state index contributed by atoms with van der Waals surface area (Å²) in [6.07, 6.45) is -0.312. The molecule has 1 N–H and O–H groups in total. The molecule has 4 rings (SSSR count). The zero-order valence-electron chi connectivity index (χ0n) is 18.8. The zero-order valence-corrected chi connectivity index (χ0v) is 18.8. The Labute approximate surface area is 190 Å². The Hall–Kier alpha value is -3.88. The highest BCUT2D eigenvalue weighted by Crippen LogP contribution is 2.43. The maximum absolute atomic E-state index is 13.5. The molecule has 0 spiro atoms. The van der Waals surface area contributed by atoms with Gasteiger partial charge in [-0.1, -0.05) is 29.3 Å². The lowest BCUT2D eigenvalue weighted by Gasteiger charge is -2.31. The van der Waals surface area contributed by atoms with E-state index in [9.17, 15) is 19.2 Å². The van der Waals surface area contributed by atoms with Gasteiger partial charge >= 0.3 is 12.1 Å². The van der Waals surface area contributed by atoms with Crippen LogP contribution in [0.25, 0.3) is 0 Å². The maximum atomic E-state index is 13.5. The summed E-state index contributed by atoms with van der Waals surface area (Å²) in [5.74, 6) is -1.93. The van der Waals surface area contributed by atoms with Crippen LogP contribution in [0.15, 0.2) is 42.5 Å². The number of methoxy groups -OCH3 is 1. The summed E-state index contributed by atoms with van der Waals surface area (Å²) < 4.78 is 10.8. The molecule has 2 aromatic rings. The zero-order chi connectivity index (χ0) is 24.0. The molecule has 2 aliphatic rings. The Balaban J connectivity index is 1.70. The highest BCUT2D eigenvalue weighted by molar-refractivity contribution is 6.21. The third-order valence-corrected chi connectivity index (χ3v) is 5.56. The summed E-state index contributed by atoms with van der Waals surface area (Å²) in [5, 5.41) is 3.07. The molecule has 0 saturated carbocycles. The van der Waals surface area contributed by atoms with Gasteiger partial charge in [0.15, 0.2) is 5.54 Å². The molecule has 0 aromatic heterocycles. The van der Waals surface area contributed by atoms with Gasteiger partial charge in [-0.3, -0.25) is 9.59 Å². The van der Waals surface area contributed by atoms with E-state index < -0.39 is 35.0 Å². The fourth-order valence-electron chi connectivity index (χ4n) is 4.14. The number of rotatable bonds is 4. The van der Waals surface area contributed by atoms with Crippen LogP contribution in [0.5, 0.6) is 5.75 Å². The average Bonchev–Trinajstić information content (AvgIpc) is 3.24. The minimum absolute atomic E-state index is 0.129. The predicted molar refractivity (Wildman–Crippen MR) is 115 cm³/mol. The number of carbonyl (C=O) groups is 4. The standard InChI is InChI=1S/C24H24N2O7/c1-23(2,3)32-22(30)25-24(13-12-16-17(24)10-7-11-18(16)31-4)21(29)33-26-19(27)14-8-5-6-9-15(14)20(26)28/h5-11H,12-13H2,1-4H3,(H,25,30). The van der Waals surface area contributed by atoms with Crippen molar-refractivity contribution in [2.75, 3.05) is 7.11 Å². The molecule has 2 aromatic carbocycles. The van der Waals surface area contributed by atoms with Crippen molar-refractivity contribution in [3.63, 3.8) is 0 Å². The predicted octanol–water partition coefficient (Wildman–Crippen LogP) is 3.12. The number of nitrogens with zero attached hydrogens (tertiary/aromatic N) is 1. The molecule has 172 valence electrons. The van der Waals surface area contributed by atoms with Crippen LogP contribution in [0.2, 0.25) is 0 Å². The Morgan fingerprint density at radius 3 is 2.21 bits per heavy atom. The number of fused-ring (bicyclic) bond motifs is 2. The first-order valence-corrected chi connectivity index (χ1v) is 10.4. The second kappa shape index (κ2) is 7.91. The molecular formula is C24H24N2O7. The molecule has 1 atom stereocenters. The number of carbonyl (C=O) groups excluding carboxylic acids is 4. The molecule has 1 heterocycles. The summed E-state index contributed by atoms with van der Waals surface area (Å²) in [5.41, 5.74) is -1.05. The number of imide groups is 1. The van der Waals surface area contributed by atoms with E-state index >= 15 is 0 Å². The van der Waals surface area contributed by atoms with Crippen molar-refractivity contribution < 1.29 is 33.5 Å². The second-order valence-electron chi connectivity index (χ2n) is 8.85. The SMILES string of the molecule is COc1cccc2c1CCC2(NC(=O)OC(C)(C)C)C(=O)ON1C(=O)c2ccccc2C1=O. The Morgan fingerprint density at radius 2 is 1.64 bits per heavy atom. The van der Waals surface area contributed by atoms with E-state index in [4.69, 9.17) is 14.3 Å². The monoisotopic (exact) mass is 452 g/mol. The van der Waals surface area contributed by atoms with Gasteiger partial charge in [-0.05, 0) is 57.4 Å². The number of ether oxygens (including phenoxy) is 2. The van der Waals surface area contributed by atoms with Crippen LogP contribution in [-0.4, -0.2) is 41.7 Å². The topological polar surface area (TPSA) is 111 Å². The number of amides is 3. The number of nitrogens with one attached hydrogen (secondary N) is 1. The first kappa shape index (κ1) is 22.3. The van der Waals surface area contributed by atoms with Crippen molar-refractivity contribution in [1.82, 2.24) is 10.4 Å². The normalized spacial score (nSPS) is 19.1. The van der Waals surface area contributed by atoms with Crippen molar-refractivity contribution >= 4 is 23.9 Å². The highest BCUT2D eigenvalue weighted by Gasteiger charge is 2.52. The molecule has 3 amide bonds. The number of hydrogen-bond acceptors (Lipinski definition) is 7. The van der Waals surface area contributed by atoms with Gasteiger partial charge in [0, 0.05) is 5.56 Å². The maximum Gasteiger partial charge on any atom is 0.408 e. The smallest absolute Gasteiger partial charge is 0.408 e. The van der Waals surface area contributed by atoms with Gasteiger partial charge in [0.1, 0.15) is 11.4 Å². The van der Waals surface area contributed by atoms with Crippen LogP contribution in [0, 0.1) is 0 Å². The van der Waals surface area contributed by atoms with Gasteiger partial charge in [0.05, 0.1) is 18.2 Å². The molecule has 1 aliphatic carbocycles. The fourth-order valence-corrected chi connectivity index (χ4v) is 4.14. The minimum atomic E-state index is -1.68. The molecule has 33 heavy (non-hydrogen) atoms. The van der Waals surface area contributed by atoms with Gasteiger partial charge in [-0.25, -0.2) is 9.59 Å². The van der Waals surface area contributed by atoms with Crippen LogP contribution < -0.4 is 10.1 Å². The van der Waals surface area contributed by atoms with Crippen molar-refractivity contribution in [1.29, 1.82) is 0 Å². The van der Waals surface area contributed by atoms with Crippen LogP contribution >= 0.6 is 0 Å². The van der Waals surface area contributed by atoms with Gasteiger partial charge in [-0.2, -0.15) is 0 Å². The number of hydrogen-bond donors (Lipinski definition) is 1. The summed E-state index contributed by atoms with van der Waals surface area (Å²) in [4.78, 5) is 57.0. The van der Waals surface area contributed by atoms with E-state index in [-0.39, 0.29) is 17.5 Å². The number of alkyl carbamates (subject to hydrolysis) is 1. The van der Waals surface area contributed by atoms with Crippen LogP contribution in [0.3, 0.4) is 0 Å². The molecule has 0 radical (unpaired) electrons. The van der Waals surface area contributed by atoms with Crippen LogP contribution in [0.1, 0.15) is 59.0 Å². The molecule has 0 saturated heterocycles. The Bertz CT molecular complexity index is 1130. The third-order valence-electron chi connectivity index (χ3n) is 5.56. The molecule has 1 aliphatic heterocycles. The van der Waals surface area contributed by atoms with Crippen LogP contribution in [0.4, 0.5) is 4.79 Å². The van der Waals surface area contributed by atoms with Crippen LogP contribution in [-0.2, 0) is 26.3 Å². The quantitative estimate of drug-likeness (QED) is 0.710. The number of hydroxylamine groups is 2. The Morgan fingerprint density at radius 1 is 1.00 bits per heavy atom. The third kappa shape index (κ3) is 3.79. The molecular weight excluding hydrogens is 428 g/mol. The Kier molecular flexibility index (Phi) is 5.35. The van der Waals surface area contributed by atoms with Gasteiger partial charge in [0.2, 0.25) is 0 Å². The van der Waals surface area contributed by atoms with Crippen molar-refractivity contribution in [2.45, 2.75) is 44.8 Å². The fraction of sp³-hybridized carbons (Fsp3) is 0.333. The van der Waals surface area contributed by atoms with Gasteiger partial charge in [0.25, 0.3) is 11.8 Å². The minimum Gasteiger partial charge on any atom is -0.496 e. The lowest BCUT2D eigenvalue weighted by atomic mass is 9.92. The average molecular weight is 452 g/mol. The molecule has 9 nitrogen and oxygen atoms in total. The van der Waals surface area contributed by atoms with E-state index in [0.29, 0.717) is 22.8 Å². The summed E-state index contributed by atoms with van der Waals surface area (Å²) in [6, 6.07) is 11.3. The van der Waals surface area contributed by atoms with E-state index in [2.05, 4.69) is 5.32 Å². The van der Waals surface area contributed by atoms with Crippen molar-refractivity contribution in [2.24, 2.45) is 0 Å². The van der Waals surface area contributed by atoms with E-state index in [1.807, 2.05) is 0 Å². The van der Waals surface area contributed by atoms with Gasteiger partial charge < -0.3 is 19.6 Å². The van der Waals surface area contributed by atoms with E-state index in [1.165, 1.54) is 19.2 Å². The summed E-state index contributed by atoms with van der Waals surface area (Å²) in [7, 11) is 1.51. The lowest BCUT2D eigenvalue weighted by Crippen LogP contribution is -2.54. The first-order valence-electron chi connectivity index (χ1n) is 10.4. The van der Waals surface area contributed by atoms with E-state index in [0.717, 1.165) is 5.56 Å². The molecule has 0 fully saturated rings. The van der Waals surface area contributed by atoms with Crippen molar-refractivity contribution in [3.8, 4) is 5.75 Å².